The van der Waals surface area contributed by atoms with E-state index >= 15 is 0 Å². The standard InChI is InChI=1S/C15H8Cl2O/c16-12-8-5-11(6-9-12)7-10-15(18)13-3-1-2-4-14(13)17/h1-6,8-9H. The van der Waals surface area contributed by atoms with Crippen LogP contribution in [0.15, 0.2) is 48.5 Å². The van der Waals surface area contributed by atoms with Gasteiger partial charge in [0.25, 0.3) is 0 Å². The van der Waals surface area contributed by atoms with Crippen molar-refractivity contribution in [3.8, 4) is 11.8 Å². The van der Waals surface area contributed by atoms with E-state index in [0.717, 1.165) is 5.56 Å². The molecule has 0 aliphatic rings. The van der Waals surface area contributed by atoms with Gasteiger partial charge in [0.05, 0.1) is 5.02 Å². The van der Waals surface area contributed by atoms with E-state index in [1.807, 2.05) is 0 Å². The molecule has 0 spiro atoms. The van der Waals surface area contributed by atoms with Crippen molar-refractivity contribution in [3.05, 3.63) is 69.7 Å². The lowest BCUT2D eigenvalue weighted by atomic mass is 10.1. The highest BCUT2D eigenvalue weighted by molar-refractivity contribution is 6.35. The van der Waals surface area contributed by atoms with E-state index in [2.05, 4.69) is 11.8 Å². The molecule has 2 aromatic rings. The molecule has 0 fully saturated rings. The lowest BCUT2D eigenvalue weighted by molar-refractivity contribution is 0.105. The Balaban J connectivity index is 2.23. The SMILES string of the molecule is O=C(C#Cc1ccc(Cl)cc1)c1ccccc1Cl. The third kappa shape index (κ3) is 3.13. The fourth-order valence-corrected chi connectivity index (χ4v) is 1.72. The molecule has 0 bridgehead atoms. The Hall–Kier alpha value is -1.75. The Kier molecular flexibility index (Phi) is 4.04. The van der Waals surface area contributed by atoms with E-state index in [1.54, 1.807) is 48.5 Å². The van der Waals surface area contributed by atoms with E-state index in [0.29, 0.717) is 15.6 Å². The van der Waals surface area contributed by atoms with Crippen LogP contribution in [0, 0.1) is 11.8 Å². The second kappa shape index (κ2) is 5.73. The highest BCUT2D eigenvalue weighted by atomic mass is 35.5. The number of hydrogen-bond donors (Lipinski definition) is 0. The molecule has 0 aliphatic heterocycles. The first-order chi connectivity index (χ1) is 8.66. The van der Waals surface area contributed by atoms with Gasteiger partial charge in [0.1, 0.15) is 0 Å². The summed E-state index contributed by atoms with van der Waals surface area (Å²) in [4.78, 5) is 11.8. The molecule has 0 amide bonds. The molecule has 0 aromatic heterocycles. The molecular weight excluding hydrogens is 267 g/mol. The average Bonchev–Trinajstić information content (AvgIpc) is 2.38. The first-order valence-corrected chi connectivity index (χ1v) is 5.99. The maximum absolute atomic E-state index is 11.8. The van der Waals surface area contributed by atoms with Gasteiger partial charge in [0.15, 0.2) is 0 Å². The molecule has 0 heterocycles. The van der Waals surface area contributed by atoms with Crippen molar-refractivity contribution in [2.45, 2.75) is 0 Å². The van der Waals surface area contributed by atoms with Crippen LogP contribution in [0.2, 0.25) is 10.0 Å². The quantitative estimate of drug-likeness (QED) is 0.562. The van der Waals surface area contributed by atoms with Crippen molar-refractivity contribution in [1.82, 2.24) is 0 Å². The lowest BCUT2D eigenvalue weighted by Crippen LogP contribution is -1.95. The van der Waals surface area contributed by atoms with Gasteiger partial charge in [0, 0.05) is 16.1 Å². The second-order valence-electron chi connectivity index (χ2n) is 3.57. The van der Waals surface area contributed by atoms with Crippen LogP contribution in [-0.2, 0) is 0 Å². The normalized spacial score (nSPS) is 9.44. The zero-order valence-corrected chi connectivity index (χ0v) is 10.8. The lowest BCUT2D eigenvalue weighted by Gasteiger charge is -1.96. The van der Waals surface area contributed by atoms with E-state index < -0.39 is 0 Å². The van der Waals surface area contributed by atoms with Gasteiger partial charge in [-0.25, -0.2) is 0 Å². The molecule has 0 saturated carbocycles. The maximum Gasteiger partial charge on any atom is 0.237 e. The van der Waals surface area contributed by atoms with Gasteiger partial charge < -0.3 is 0 Å². The van der Waals surface area contributed by atoms with Gasteiger partial charge in [-0.15, -0.1) is 0 Å². The second-order valence-corrected chi connectivity index (χ2v) is 4.41. The minimum absolute atomic E-state index is 0.296. The fraction of sp³-hybridized carbons (Fsp3) is 0. The highest BCUT2D eigenvalue weighted by Gasteiger charge is 2.05. The topological polar surface area (TPSA) is 17.1 Å². The van der Waals surface area contributed by atoms with Gasteiger partial charge >= 0.3 is 0 Å². The summed E-state index contributed by atoms with van der Waals surface area (Å²) in [5.41, 5.74) is 1.15. The largest absolute Gasteiger partial charge is 0.279 e. The number of rotatable bonds is 1. The Morgan fingerprint density at radius 3 is 2.28 bits per heavy atom. The number of halogens is 2. The minimum Gasteiger partial charge on any atom is -0.279 e. The monoisotopic (exact) mass is 274 g/mol. The van der Waals surface area contributed by atoms with Crippen LogP contribution in [0.5, 0.6) is 0 Å². The summed E-state index contributed by atoms with van der Waals surface area (Å²) in [5.74, 6) is 5.04. The number of carbonyl (C=O) groups is 1. The van der Waals surface area contributed by atoms with Crippen molar-refractivity contribution < 1.29 is 4.79 Å². The summed E-state index contributed by atoms with van der Waals surface area (Å²) in [6.07, 6.45) is 0. The third-order valence-corrected chi connectivity index (χ3v) is 2.86. The Morgan fingerprint density at radius 2 is 1.61 bits per heavy atom. The van der Waals surface area contributed by atoms with E-state index in [-0.39, 0.29) is 5.78 Å². The van der Waals surface area contributed by atoms with Crippen molar-refractivity contribution >= 4 is 29.0 Å². The maximum atomic E-state index is 11.8. The van der Waals surface area contributed by atoms with Gasteiger partial charge in [-0.3, -0.25) is 4.79 Å². The number of hydrogen-bond acceptors (Lipinski definition) is 1. The van der Waals surface area contributed by atoms with Gasteiger partial charge in [-0.05, 0) is 42.3 Å². The van der Waals surface area contributed by atoms with E-state index in [9.17, 15) is 4.79 Å². The summed E-state index contributed by atoms with van der Waals surface area (Å²) in [6.45, 7) is 0. The first-order valence-electron chi connectivity index (χ1n) is 5.23. The number of Topliss-reactive ketones (excluding diaryl/α,β-unsaturated/α-hetero) is 1. The fourth-order valence-electron chi connectivity index (χ4n) is 1.37. The Bertz CT molecular complexity index is 634. The molecule has 18 heavy (non-hydrogen) atoms. The van der Waals surface area contributed by atoms with Crippen LogP contribution in [-0.4, -0.2) is 5.78 Å². The van der Waals surface area contributed by atoms with Crippen LogP contribution < -0.4 is 0 Å². The number of benzene rings is 2. The summed E-state index contributed by atoms with van der Waals surface area (Å²) in [6, 6.07) is 13.8. The van der Waals surface area contributed by atoms with Crippen LogP contribution in [0.3, 0.4) is 0 Å². The first kappa shape index (κ1) is 12.7. The van der Waals surface area contributed by atoms with Crippen molar-refractivity contribution in [1.29, 1.82) is 0 Å². The predicted molar refractivity (Wildman–Crippen MR) is 74.1 cm³/mol. The molecule has 0 radical (unpaired) electrons. The van der Waals surface area contributed by atoms with Crippen molar-refractivity contribution in [2.24, 2.45) is 0 Å². The van der Waals surface area contributed by atoms with Gasteiger partial charge in [-0.1, -0.05) is 41.3 Å². The summed E-state index contributed by atoms with van der Waals surface area (Å²) in [5, 5.41) is 1.05. The van der Waals surface area contributed by atoms with Crippen LogP contribution >= 0.6 is 23.2 Å². The van der Waals surface area contributed by atoms with Gasteiger partial charge in [0.2, 0.25) is 5.78 Å². The molecule has 2 aromatic carbocycles. The Labute approximate surface area is 115 Å². The average molecular weight is 275 g/mol. The summed E-state index contributed by atoms with van der Waals surface area (Å²) in [7, 11) is 0. The molecule has 3 heteroatoms. The molecular formula is C15H8Cl2O. The molecule has 0 aliphatic carbocycles. The van der Waals surface area contributed by atoms with Crippen molar-refractivity contribution in [3.63, 3.8) is 0 Å². The minimum atomic E-state index is -0.296. The zero-order valence-electron chi connectivity index (χ0n) is 9.28. The summed E-state index contributed by atoms with van der Waals surface area (Å²) < 4.78 is 0. The molecule has 0 unspecified atom stereocenters. The van der Waals surface area contributed by atoms with E-state index in [4.69, 9.17) is 23.2 Å². The highest BCUT2D eigenvalue weighted by Crippen LogP contribution is 2.15. The molecule has 0 atom stereocenters. The third-order valence-electron chi connectivity index (χ3n) is 2.28. The smallest absolute Gasteiger partial charge is 0.237 e. The molecule has 1 nitrogen and oxygen atoms in total. The molecule has 88 valence electrons. The van der Waals surface area contributed by atoms with Crippen LogP contribution in [0.25, 0.3) is 0 Å². The van der Waals surface area contributed by atoms with Gasteiger partial charge in [-0.2, -0.15) is 0 Å². The summed E-state index contributed by atoms with van der Waals surface area (Å²) >= 11 is 11.7. The van der Waals surface area contributed by atoms with Crippen LogP contribution in [0.1, 0.15) is 15.9 Å². The Morgan fingerprint density at radius 1 is 0.944 bits per heavy atom. The predicted octanol–water partition coefficient (Wildman–Crippen LogP) is 4.23. The number of carbonyl (C=O) groups excluding carboxylic acids is 1. The molecule has 0 saturated heterocycles. The van der Waals surface area contributed by atoms with E-state index in [1.165, 1.54) is 0 Å². The number of ketones is 1. The molecule has 0 N–H and O–H groups in total. The molecule has 2 rings (SSSR count). The van der Waals surface area contributed by atoms with Crippen molar-refractivity contribution in [2.75, 3.05) is 0 Å². The van der Waals surface area contributed by atoms with Crippen LogP contribution in [0.4, 0.5) is 0 Å². The zero-order chi connectivity index (χ0) is 13.0.